The summed E-state index contributed by atoms with van der Waals surface area (Å²) in [6.07, 6.45) is 1.14. The van der Waals surface area contributed by atoms with Crippen LogP contribution in [-0.2, 0) is 20.7 Å². The number of nitrogens with zero attached hydrogens (tertiary/aromatic N) is 1. The van der Waals surface area contributed by atoms with Crippen molar-refractivity contribution in [1.82, 2.24) is 0 Å². The molecule has 0 N–H and O–H groups in total. The van der Waals surface area contributed by atoms with Crippen molar-refractivity contribution in [2.24, 2.45) is 5.92 Å². The van der Waals surface area contributed by atoms with E-state index in [-0.39, 0.29) is 16.9 Å². The van der Waals surface area contributed by atoms with Gasteiger partial charge in [0.25, 0.3) is 0 Å². The summed E-state index contributed by atoms with van der Waals surface area (Å²) in [7, 11) is 1.36. The Bertz CT molecular complexity index is 638. The van der Waals surface area contributed by atoms with Gasteiger partial charge in [0.05, 0.1) is 12.7 Å². The Morgan fingerprint density at radius 2 is 2.13 bits per heavy atom. The minimum atomic E-state index is -0.393. The Kier molecular flexibility index (Phi) is 5.86. The Morgan fingerprint density at radius 1 is 1.43 bits per heavy atom. The van der Waals surface area contributed by atoms with Crippen molar-refractivity contribution in [3.8, 4) is 0 Å². The highest BCUT2D eigenvalue weighted by Gasteiger charge is 2.35. The molecule has 0 saturated carbocycles. The van der Waals surface area contributed by atoms with E-state index in [9.17, 15) is 14.4 Å². The van der Waals surface area contributed by atoms with Crippen molar-refractivity contribution in [2.75, 3.05) is 24.3 Å². The molecule has 1 fully saturated rings. The van der Waals surface area contributed by atoms with Gasteiger partial charge in [-0.25, -0.2) is 4.79 Å². The molecule has 0 aliphatic carbocycles. The summed E-state index contributed by atoms with van der Waals surface area (Å²) in [4.78, 5) is 38.4. The lowest BCUT2D eigenvalue weighted by Gasteiger charge is -2.16. The Morgan fingerprint density at radius 3 is 2.70 bits per heavy atom. The third kappa shape index (κ3) is 3.77. The summed E-state index contributed by atoms with van der Waals surface area (Å²) in [6.45, 7) is 6.03. The van der Waals surface area contributed by atoms with Gasteiger partial charge < -0.3 is 9.64 Å². The van der Waals surface area contributed by atoms with Gasteiger partial charge in [-0.05, 0) is 24.8 Å². The Labute approximate surface area is 144 Å². The molecule has 7 heteroatoms. The lowest BCUT2D eigenvalue weighted by atomic mass is 10.1. The summed E-state index contributed by atoms with van der Waals surface area (Å²) in [5.74, 6) is 0.383. The molecule has 0 bridgehead atoms. The number of ether oxygens (including phenoxy) is 1. The SMILES string of the molecule is CCc1c(C)sc(N2CC(CSC(C)=O)CC2=O)c1C(=O)OC. The molecule has 1 aliphatic heterocycles. The van der Waals surface area contributed by atoms with Gasteiger partial charge in [-0.3, -0.25) is 9.59 Å². The van der Waals surface area contributed by atoms with Crippen LogP contribution in [0.5, 0.6) is 0 Å². The van der Waals surface area contributed by atoms with Gasteiger partial charge in [-0.2, -0.15) is 0 Å². The number of amides is 1. The fourth-order valence-electron chi connectivity index (χ4n) is 2.82. The molecule has 1 saturated heterocycles. The van der Waals surface area contributed by atoms with Crippen LogP contribution >= 0.6 is 23.1 Å². The molecule has 0 aromatic carbocycles. The lowest BCUT2D eigenvalue weighted by Crippen LogP contribution is -2.26. The van der Waals surface area contributed by atoms with Crippen LogP contribution in [-0.4, -0.2) is 36.4 Å². The van der Waals surface area contributed by atoms with Crippen LogP contribution in [0.1, 0.15) is 41.1 Å². The predicted molar refractivity (Wildman–Crippen MR) is 93.4 cm³/mol. The van der Waals surface area contributed by atoms with Gasteiger partial charge in [-0.1, -0.05) is 18.7 Å². The van der Waals surface area contributed by atoms with Crippen LogP contribution in [0.3, 0.4) is 0 Å². The maximum absolute atomic E-state index is 12.4. The van der Waals surface area contributed by atoms with Gasteiger partial charge >= 0.3 is 5.97 Å². The number of aryl methyl sites for hydroxylation is 1. The first-order valence-corrected chi connectivity index (χ1v) is 9.33. The molecular formula is C16H21NO4S2. The van der Waals surface area contributed by atoms with E-state index in [0.717, 1.165) is 16.9 Å². The number of hydrogen-bond acceptors (Lipinski definition) is 6. The maximum atomic E-state index is 12.4. The van der Waals surface area contributed by atoms with Gasteiger partial charge in [0.1, 0.15) is 5.00 Å². The molecule has 1 aromatic heterocycles. The highest BCUT2D eigenvalue weighted by Crippen LogP contribution is 2.39. The summed E-state index contributed by atoms with van der Waals surface area (Å²) in [5.41, 5.74) is 1.47. The minimum absolute atomic E-state index is 0.00760. The number of methoxy groups -OCH3 is 1. The van der Waals surface area contributed by atoms with Gasteiger partial charge in [0.2, 0.25) is 5.91 Å². The van der Waals surface area contributed by atoms with Crippen LogP contribution in [0, 0.1) is 12.8 Å². The largest absolute Gasteiger partial charge is 0.465 e. The Hall–Kier alpha value is -1.34. The third-order valence-electron chi connectivity index (χ3n) is 3.91. The normalized spacial score (nSPS) is 17.7. The maximum Gasteiger partial charge on any atom is 0.341 e. The summed E-state index contributed by atoms with van der Waals surface area (Å²) in [6, 6.07) is 0. The standard InChI is InChI=1S/C16H21NO4S2/c1-5-12-9(2)23-15(14(12)16(20)21-4)17-7-11(6-13(17)19)8-22-10(3)18/h11H,5-8H2,1-4H3. The van der Waals surface area contributed by atoms with Crippen LogP contribution < -0.4 is 4.90 Å². The second-order valence-electron chi connectivity index (χ2n) is 5.54. The highest BCUT2D eigenvalue weighted by atomic mass is 32.2. The molecule has 5 nitrogen and oxygen atoms in total. The van der Waals surface area contributed by atoms with Crippen molar-refractivity contribution in [3.63, 3.8) is 0 Å². The number of anilines is 1. The predicted octanol–water partition coefficient (Wildman–Crippen LogP) is 3.04. The summed E-state index contributed by atoms with van der Waals surface area (Å²) in [5, 5.41) is 0.748. The van der Waals surface area contributed by atoms with Crippen LogP contribution in [0.2, 0.25) is 0 Å². The van der Waals surface area contributed by atoms with E-state index in [1.165, 1.54) is 37.1 Å². The van der Waals surface area contributed by atoms with Gasteiger partial charge in [0.15, 0.2) is 5.12 Å². The van der Waals surface area contributed by atoms with E-state index in [1.807, 2.05) is 13.8 Å². The minimum Gasteiger partial charge on any atom is -0.465 e. The van der Waals surface area contributed by atoms with Gasteiger partial charge in [0, 0.05) is 30.5 Å². The average Bonchev–Trinajstić information content (AvgIpc) is 3.03. The number of thioether (sulfide) groups is 1. The fraction of sp³-hybridized carbons (Fsp3) is 0.562. The molecule has 1 unspecified atom stereocenters. The molecule has 1 aromatic rings. The first kappa shape index (κ1) is 18.0. The van der Waals surface area contributed by atoms with E-state index >= 15 is 0 Å². The molecular weight excluding hydrogens is 334 g/mol. The number of rotatable bonds is 5. The third-order valence-corrected chi connectivity index (χ3v) is 6.12. The monoisotopic (exact) mass is 355 g/mol. The van der Waals surface area contributed by atoms with Crippen molar-refractivity contribution < 1.29 is 19.1 Å². The number of carbonyl (C=O) groups is 3. The second-order valence-corrected chi connectivity index (χ2v) is 7.94. The van der Waals surface area contributed by atoms with E-state index in [4.69, 9.17) is 4.74 Å². The zero-order chi connectivity index (χ0) is 17.1. The van der Waals surface area contributed by atoms with Crippen LogP contribution in [0.4, 0.5) is 5.00 Å². The number of hydrogen-bond donors (Lipinski definition) is 0. The first-order chi connectivity index (χ1) is 10.9. The topological polar surface area (TPSA) is 63.7 Å². The van der Waals surface area contributed by atoms with Crippen molar-refractivity contribution in [3.05, 3.63) is 16.0 Å². The molecule has 0 radical (unpaired) electrons. The number of carbonyl (C=O) groups excluding carboxylic acids is 3. The number of esters is 1. The van der Waals surface area contributed by atoms with Gasteiger partial charge in [-0.15, -0.1) is 11.3 Å². The number of thiophene rings is 1. The van der Waals surface area contributed by atoms with E-state index in [1.54, 1.807) is 4.90 Å². The zero-order valence-corrected chi connectivity index (χ0v) is 15.4. The molecule has 1 aliphatic rings. The first-order valence-electron chi connectivity index (χ1n) is 7.53. The summed E-state index contributed by atoms with van der Waals surface area (Å²) < 4.78 is 4.91. The zero-order valence-electron chi connectivity index (χ0n) is 13.8. The van der Waals surface area contributed by atoms with Crippen LogP contribution in [0.15, 0.2) is 0 Å². The second kappa shape index (κ2) is 7.49. The molecule has 23 heavy (non-hydrogen) atoms. The fourth-order valence-corrected chi connectivity index (χ4v) is 4.76. The highest BCUT2D eigenvalue weighted by molar-refractivity contribution is 8.13. The van der Waals surface area contributed by atoms with E-state index in [0.29, 0.717) is 29.3 Å². The molecule has 126 valence electrons. The lowest BCUT2D eigenvalue weighted by molar-refractivity contribution is -0.117. The van der Waals surface area contributed by atoms with Crippen molar-refractivity contribution >= 4 is 45.1 Å². The molecule has 0 spiro atoms. The van der Waals surface area contributed by atoms with Crippen LogP contribution in [0.25, 0.3) is 0 Å². The molecule has 2 rings (SSSR count). The molecule has 1 amide bonds. The quantitative estimate of drug-likeness (QED) is 0.760. The molecule has 2 heterocycles. The Balaban J connectivity index is 2.29. The summed E-state index contributed by atoms with van der Waals surface area (Å²) >= 11 is 2.72. The van der Waals surface area contributed by atoms with Crippen molar-refractivity contribution in [1.29, 1.82) is 0 Å². The molecule has 1 atom stereocenters. The average molecular weight is 355 g/mol. The smallest absolute Gasteiger partial charge is 0.341 e. The van der Waals surface area contributed by atoms with E-state index < -0.39 is 5.97 Å². The van der Waals surface area contributed by atoms with Crippen molar-refractivity contribution in [2.45, 2.75) is 33.6 Å². The van der Waals surface area contributed by atoms with E-state index in [2.05, 4.69) is 0 Å².